The lowest BCUT2D eigenvalue weighted by atomic mass is 9.92. The summed E-state index contributed by atoms with van der Waals surface area (Å²) >= 11 is 0. The van der Waals surface area contributed by atoms with Gasteiger partial charge in [0.1, 0.15) is 5.75 Å². The molecule has 0 bridgehead atoms. The summed E-state index contributed by atoms with van der Waals surface area (Å²) in [5.41, 5.74) is 1.29. The van der Waals surface area contributed by atoms with Crippen molar-refractivity contribution in [2.24, 2.45) is 0 Å². The molecule has 1 aromatic carbocycles. The number of amides is 2. The molecule has 0 heterocycles. The second-order valence-corrected chi connectivity index (χ2v) is 6.33. The van der Waals surface area contributed by atoms with Gasteiger partial charge in [0, 0.05) is 30.6 Å². The Bertz CT molecular complexity index is 521. The van der Waals surface area contributed by atoms with Crippen LogP contribution in [0.5, 0.6) is 5.75 Å². The van der Waals surface area contributed by atoms with Gasteiger partial charge >= 0.3 is 6.03 Å². The normalized spacial score (nSPS) is 19.5. The first kappa shape index (κ1) is 14.2. The summed E-state index contributed by atoms with van der Waals surface area (Å²) in [5.74, 6) is 0.927. The van der Waals surface area contributed by atoms with Crippen molar-refractivity contribution in [2.75, 3.05) is 20.7 Å². The van der Waals surface area contributed by atoms with E-state index < -0.39 is 0 Å². The molecule has 0 aliphatic heterocycles. The fraction of sp³-hybridized carbons (Fsp3) is 0.588. The number of nitrogens with zero attached hydrogens (tertiary/aromatic N) is 1. The summed E-state index contributed by atoms with van der Waals surface area (Å²) in [5, 5.41) is 3.12. The Labute approximate surface area is 126 Å². The Kier molecular flexibility index (Phi) is 3.79. The predicted molar refractivity (Wildman–Crippen MR) is 82.7 cm³/mol. The third kappa shape index (κ3) is 2.71. The standard InChI is InChI=1S/C17H24N2O2/c1-19(13-6-5-7-13)16(20)18-12-17(10-11-17)14-8-3-4-9-15(14)21-2/h3-4,8-9,13H,5-7,10-12H2,1-2H3,(H,18,20). The molecule has 0 saturated heterocycles. The third-order valence-corrected chi connectivity index (χ3v) is 5.05. The molecule has 2 fully saturated rings. The van der Waals surface area contributed by atoms with Crippen LogP contribution in [0.15, 0.2) is 24.3 Å². The van der Waals surface area contributed by atoms with Gasteiger partial charge in [-0.2, -0.15) is 0 Å². The lowest BCUT2D eigenvalue weighted by Gasteiger charge is -2.35. The number of rotatable bonds is 5. The highest BCUT2D eigenvalue weighted by molar-refractivity contribution is 5.74. The number of hydrogen-bond acceptors (Lipinski definition) is 2. The van der Waals surface area contributed by atoms with E-state index in [9.17, 15) is 4.79 Å². The molecular formula is C17H24N2O2. The summed E-state index contributed by atoms with van der Waals surface area (Å²) in [4.78, 5) is 14.1. The fourth-order valence-electron chi connectivity index (χ4n) is 3.08. The second-order valence-electron chi connectivity index (χ2n) is 6.33. The highest BCUT2D eigenvalue weighted by Gasteiger charge is 2.46. The number of carbonyl (C=O) groups is 1. The van der Waals surface area contributed by atoms with E-state index >= 15 is 0 Å². The molecule has 3 rings (SSSR count). The van der Waals surface area contributed by atoms with Gasteiger partial charge in [-0.15, -0.1) is 0 Å². The quantitative estimate of drug-likeness (QED) is 0.905. The van der Waals surface area contributed by atoms with Crippen molar-refractivity contribution < 1.29 is 9.53 Å². The lowest BCUT2D eigenvalue weighted by Crippen LogP contribution is -2.48. The molecule has 4 nitrogen and oxygen atoms in total. The summed E-state index contributed by atoms with van der Waals surface area (Å²) in [6.45, 7) is 0.698. The van der Waals surface area contributed by atoms with E-state index in [1.165, 1.54) is 12.0 Å². The minimum absolute atomic E-state index is 0.0564. The zero-order chi connectivity index (χ0) is 14.9. The molecule has 0 aromatic heterocycles. The summed E-state index contributed by atoms with van der Waals surface area (Å²) in [6.07, 6.45) is 5.75. The smallest absolute Gasteiger partial charge is 0.317 e. The maximum Gasteiger partial charge on any atom is 0.317 e. The van der Waals surface area contributed by atoms with Gasteiger partial charge in [-0.25, -0.2) is 4.79 Å². The molecule has 0 radical (unpaired) electrons. The van der Waals surface area contributed by atoms with Crippen molar-refractivity contribution in [1.82, 2.24) is 10.2 Å². The van der Waals surface area contributed by atoms with Crippen LogP contribution in [-0.4, -0.2) is 37.7 Å². The minimum Gasteiger partial charge on any atom is -0.496 e. The number of methoxy groups -OCH3 is 1. The van der Waals surface area contributed by atoms with Crippen LogP contribution in [0, 0.1) is 0 Å². The van der Waals surface area contributed by atoms with Crippen LogP contribution >= 0.6 is 0 Å². The molecule has 2 amide bonds. The minimum atomic E-state index is 0.0564. The molecular weight excluding hydrogens is 264 g/mol. The van der Waals surface area contributed by atoms with Crippen LogP contribution in [0.1, 0.15) is 37.7 Å². The molecule has 21 heavy (non-hydrogen) atoms. The molecule has 2 saturated carbocycles. The molecule has 114 valence electrons. The van der Waals surface area contributed by atoms with E-state index in [0.717, 1.165) is 31.4 Å². The summed E-state index contributed by atoms with van der Waals surface area (Å²) < 4.78 is 5.47. The van der Waals surface area contributed by atoms with Crippen LogP contribution in [-0.2, 0) is 5.41 Å². The van der Waals surface area contributed by atoms with Gasteiger partial charge in [0.15, 0.2) is 0 Å². The van der Waals surface area contributed by atoms with Gasteiger partial charge in [0.2, 0.25) is 0 Å². The number of urea groups is 1. The van der Waals surface area contributed by atoms with Gasteiger partial charge in [0.25, 0.3) is 0 Å². The SMILES string of the molecule is COc1ccccc1C1(CNC(=O)N(C)C2CCC2)CC1. The number of carbonyl (C=O) groups excluding carboxylic acids is 1. The van der Waals surface area contributed by atoms with Crippen LogP contribution < -0.4 is 10.1 Å². The average molecular weight is 288 g/mol. The highest BCUT2D eigenvalue weighted by atomic mass is 16.5. The van der Waals surface area contributed by atoms with E-state index in [1.54, 1.807) is 7.11 Å². The lowest BCUT2D eigenvalue weighted by molar-refractivity contribution is 0.157. The van der Waals surface area contributed by atoms with E-state index in [2.05, 4.69) is 11.4 Å². The van der Waals surface area contributed by atoms with E-state index in [4.69, 9.17) is 4.74 Å². The van der Waals surface area contributed by atoms with Crippen molar-refractivity contribution in [3.63, 3.8) is 0 Å². The molecule has 1 aromatic rings. The van der Waals surface area contributed by atoms with Crippen molar-refractivity contribution in [1.29, 1.82) is 0 Å². The monoisotopic (exact) mass is 288 g/mol. The number of nitrogens with one attached hydrogen (secondary N) is 1. The maximum absolute atomic E-state index is 12.2. The molecule has 2 aliphatic rings. The Morgan fingerprint density at radius 2 is 2.10 bits per heavy atom. The Hall–Kier alpha value is -1.71. The molecule has 0 spiro atoms. The summed E-state index contributed by atoms with van der Waals surface area (Å²) in [6, 6.07) is 8.64. The van der Waals surface area contributed by atoms with Crippen molar-refractivity contribution in [3.8, 4) is 5.75 Å². The molecule has 0 atom stereocenters. The number of hydrogen-bond donors (Lipinski definition) is 1. The van der Waals surface area contributed by atoms with Crippen molar-refractivity contribution in [3.05, 3.63) is 29.8 Å². The largest absolute Gasteiger partial charge is 0.496 e. The first-order valence-corrected chi connectivity index (χ1v) is 7.80. The molecule has 2 aliphatic carbocycles. The zero-order valence-electron chi connectivity index (χ0n) is 12.9. The van der Waals surface area contributed by atoms with Crippen LogP contribution in [0.3, 0.4) is 0 Å². The van der Waals surface area contributed by atoms with Gasteiger partial charge in [-0.1, -0.05) is 18.2 Å². The fourth-order valence-corrected chi connectivity index (χ4v) is 3.08. The predicted octanol–water partition coefficient (Wildman–Crippen LogP) is 2.92. The number of benzene rings is 1. The highest BCUT2D eigenvalue weighted by Crippen LogP contribution is 2.50. The molecule has 0 unspecified atom stereocenters. The van der Waals surface area contributed by atoms with Crippen molar-refractivity contribution in [2.45, 2.75) is 43.6 Å². The maximum atomic E-state index is 12.2. The zero-order valence-corrected chi connectivity index (χ0v) is 12.9. The number of para-hydroxylation sites is 1. The molecule has 1 N–H and O–H groups in total. The van der Waals surface area contributed by atoms with Crippen LogP contribution in [0.25, 0.3) is 0 Å². The summed E-state index contributed by atoms with van der Waals surface area (Å²) in [7, 11) is 3.61. The van der Waals surface area contributed by atoms with Crippen LogP contribution in [0.2, 0.25) is 0 Å². The third-order valence-electron chi connectivity index (χ3n) is 5.05. The Morgan fingerprint density at radius 1 is 1.38 bits per heavy atom. The topological polar surface area (TPSA) is 41.6 Å². The average Bonchev–Trinajstić information content (AvgIpc) is 3.24. The first-order valence-electron chi connectivity index (χ1n) is 7.80. The number of ether oxygens (including phenoxy) is 1. The van der Waals surface area contributed by atoms with Gasteiger partial charge in [0.05, 0.1) is 7.11 Å². The Balaban J connectivity index is 1.63. The Morgan fingerprint density at radius 3 is 2.67 bits per heavy atom. The van der Waals surface area contributed by atoms with Crippen LogP contribution in [0.4, 0.5) is 4.79 Å². The van der Waals surface area contributed by atoms with E-state index in [1.807, 2.05) is 30.1 Å². The van der Waals surface area contributed by atoms with Gasteiger partial charge < -0.3 is 15.0 Å². The first-order chi connectivity index (χ1) is 10.2. The van der Waals surface area contributed by atoms with Gasteiger partial charge in [-0.05, 0) is 38.2 Å². The van der Waals surface area contributed by atoms with E-state index in [0.29, 0.717) is 12.6 Å². The van der Waals surface area contributed by atoms with Crippen molar-refractivity contribution >= 4 is 6.03 Å². The second kappa shape index (κ2) is 5.58. The van der Waals surface area contributed by atoms with E-state index in [-0.39, 0.29) is 11.4 Å². The van der Waals surface area contributed by atoms with Gasteiger partial charge in [-0.3, -0.25) is 0 Å². The molecule has 4 heteroatoms.